The van der Waals surface area contributed by atoms with Crippen molar-refractivity contribution >= 4 is 8.56 Å². The molecule has 0 aliphatic heterocycles. The summed E-state index contributed by atoms with van der Waals surface area (Å²) < 4.78 is 12.3. The van der Waals surface area contributed by atoms with E-state index >= 15 is 0 Å². The van der Waals surface area contributed by atoms with Crippen LogP contribution < -0.4 is 0 Å². The van der Waals surface area contributed by atoms with Crippen LogP contribution >= 0.6 is 0 Å². The quantitative estimate of drug-likeness (QED) is 0.634. The average molecular weight is 256 g/mol. The molecule has 0 aromatic heterocycles. The smallest absolute Gasteiger partial charge is 0.338 e. The van der Waals surface area contributed by atoms with Crippen molar-refractivity contribution in [2.45, 2.75) is 70.4 Å². The van der Waals surface area contributed by atoms with Crippen LogP contribution in [0, 0.1) is 5.92 Å². The van der Waals surface area contributed by atoms with Crippen molar-refractivity contribution in [1.29, 1.82) is 0 Å². The molecule has 3 heteroatoms. The van der Waals surface area contributed by atoms with E-state index in [4.69, 9.17) is 8.85 Å². The fourth-order valence-corrected chi connectivity index (χ4v) is 6.33. The molecule has 2 fully saturated rings. The zero-order valence-electron chi connectivity index (χ0n) is 11.5. The molecule has 0 bridgehead atoms. The van der Waals surface area contributed by atoms with Crippen molar-refractivity contribution in [3.63, 3.8) is 0 Å². The molecular formula is C14H28O2Si. The van der Waals surface area contributed by atoms with E-state index in [2.05, 4.69) is 13.5 Å². The molecule has 1 atom stereocenters. The third kappa shape index (κ3) is 3.55. The van der Waals surface area contributed by atoms with Crippen molar-refractivity contribution in [1.82, 2.24) is 0 Å². The Morgan fingerprint density at radius 2 is 1.71 bits per heavy atom. The lowest BCUT2D eigenvalue weighted by Gasteiger charge is -2.39. The van der Waals surface area contributed by atoms with Gasteiger partial charge in [-0.05, 0) is 38.7 Å². The summed E-state index contributed by atoms with van der Waals surface area (Å²) in [6.07, 6.45) is 11.1. The van der Waals surface area contributed by atoms with Crippen molar-refractivity contribution in [3.8, 4) is 0 Å². The highest BCUT2D eigenvalue weighted by Crippen LogP contribution is 2.42. The van der Waals surface area contributed by atoms with E-state index in [-0.39, 0.29) is 0 Å². The normalized spacial score (nSPS) is 25.8. The van der Waals surface area contributed by atoms with Crippen LogP contribution in [0.25, 0.3) is 0 Å². The van der Waals surface area contributed by atoms with Gasteiger partial charge in [-0.3, -0.25) is 0 Å². The summed E-state index contributed by atoms with van der Waals surface area (Å²) in [5, 5.41) is 0. The van der Waals surface area contributed by atoms with Gasteiger partial charge in [0.2, 0.25) is 0 Å². The fourth-order valence-electron chi connectivity index (χ4n) is 3.22. The molecule has 0 spiro atoms. The van der Waals surface area contributed by atoms with Crippen LogP contribution in [0.2, 0.25) is 12.1 Å². The van der Waals surface area contributed by atoms with Gasteiger partial charge in [0.1, 0.15) is 0 Å². The fraction of sp³-hybridized carbons (Fsp3) is 1.00. The topological polar surface area (TPSA) is 18.5 Å². The summed E-state index contributed by atoms with van der Waals surface area (Å²) in [7, 11) is -1.84. The van der Waals surface area contributed by atoms with Crippen LogP contribution in [-0.2, 0) is 8.85 Å². The van der Waals surface area contributed by atoms with Crippen LogP contribution in [0.4, 0.5) is 0 Å². The minimum absolute atomic E-state index is 0.769. The first kappa shape index (κ1) is 13.6. The number of rotatable bonds is 7. The summed E-state index contributed by atoms with van der Waals surface area (Å²) in [6.45, 7) is 6.16. The van der Waals surface area contributed by atoms with Crippen molar-refractivity contribution in [2.24, 2.45) is 5.92 Å². The Morgan fingerprint density at radius 3 is 2.24 bits per heavy atom. The van der Waals surface area contributed by atoms with Gasteiger partial charge in [0.05, 0.1) is 0 Å². The molecule has 100 valence electrons. The zero-order valence-corrected chi connectivity index (χ0v) is 12.5. The van der Waals surface area contributed by atoms with Gasteiger partial charge < -0.3 is 8.85 Å². The molecule has 1 unspecified atom stereocenters. The van der Waals surface area contributed by atoms with Gasteiger partial charge in [-0.1, -0.05) is 32.1 Å². The zero-order chi connectivity index (χ0) is 12.1. The second-order valence-electron chi connectivity index (χ2n) is 5.86. The van der Waals surface area contributed by atoms with E-state index in [9.17, 15) is 0 Å². The lowest BCUT2D eigenvalue weighted by Crippen LogP contribution is -2.46. The predicted octanol–water partition coefficient (Wildman–Crippen LogP) is 4.25. The van der Waals surface area contributed by atoms with Gasteiger partial charge in [0.15, 0.2) is 0 Å². The Hall–Kier alpha value is 0.137. The second-order valence-corrected chi connectivity index (χ2v) is 9.29. The van der Waals surface area contributed by atoms with E-state index in [1.165, 1.54) is 51.4 Å². The van der Waals surface area contributed by atoms with E-state index < -0.39 is 8.56 Å². The Labute approximate surface area is 107 Å². The van der Waals surface area contributed by atoms with Crippen molar-refractivity contribution in [2.75, 3.05) is 13.2 Å². The highest BCUT2D eigenvalue weighted by molar-refractivity contribution is 6.67. The molecule has 0 heterocycles. The molecule has 2 nitrogen and oxygen atoms in total. The molecule has 2 saturated carbocycles. The number of hydrogen-bond donors (Lipinski definition) is 0. The van der Waals surface area contributed by atoms with Gasteiger partial charge in [-0.25, -0.2) is 0 Å². The summed E-state index contributed by atoms with van der Waals surface area (Å²) in [5.74, 6) is 0.941. The van der Waals surface area contributed by atoms with Gasteiger partial charge in [-0.2, -0.15) is 0 Å². The Balaban J connectivity index is 1.72. The lowest BCUT2D eigenvalue weighted by atomic mass is 10.00. The molecule has 0 saturated heterocycles. The van der Waals surface area contributed by atoms with Gasteiger partial charge in [0, 0.05) is 18.8 Å². The van der Waals surface area contributed by atoms with E-state index in [1.54, 1.807) is 0 Å². The van der Waals surface area contributed by atoms with Gasteiger partial charge in [0.25, 0.3) is 0 Å². The standard InChI is InChI=1S/C14H28O2Si/c1-3-15-17(2,14-9-6-10-14)16-12-11-13-7-4-5-8-13/h13-14H,3-12H2,1-2H3. The third-order valence-electron chi connectivity index (χ3n) is 4.67. The maximum absolute atomic E-state index is 6.25. The molecule has 17 heavy (non-hydrogen) atoms. The van der Waals surface area contributed by atoms with Crippen LogP contribution in [0.5, 0.6) is 0 Å². The predicted molar refractivity (Wildman–Crippen MR) is 73.4 cm³/mol. The monoisotopic (exact) mass is 256 g/mol. The molecule has 0 radical (unpaired) electrons. The lowest BCUT2D eigenvalue weighted by molar-refractivity contribution is 0.148. The van der Waals surface area contributed by atoms with E-state index in [1.807, 2.05) is 0 Å². The molecule has 2 aliphatic rings. The van der Waals surface area contributed by atoms with E-state index in [0.29, 0.717) is 0 Å². The summed E-state index contributed by atoms with van der Waals surface area (Å²) in [5.41, 5.74) is 0.769. The Kier molecular flexibility index (Phi) is 5.06. The molecule has 2 rings (SSSR count). The average Bonchev–Trinajstić information content (AvgIpc) is 2.67. The first-order valence-electron chi connectivity index (χ1n) is 7.52. The first-order valence-corrected chi connectivity index (χ1v) is 9.92. The molecule has 0 aromatic carbocycles. The third-order valence-corrected chi connectivity index (χ3v) is 8.37. The van der Waals surface area contributed by atoms with Crippen LogP contribution in [0.3, 0.4) is 0 Å². The highest BCUT2D eigenvalue weighted by atomic mass is 28.4. The number of hydrogen-bond acceptors (Lipinski definition) is 2. The SMILES string of the molecule is CCO[Si](C)(OCCC1CCCC1)C1CCC1. The van der Waals surface area contributed by atoms with Crippen LogP contribution in [0.1, 0.15) is 58.3 Å². The molecule has 2 aliphatic carbocycles. The van der Waals surface area contributed by atoms with Crippen LogP contribution in [0.15, 0.2) is 0 Å². The molecular weight excluding hydrogens is 228 g/mol. The summed E-state index contributed by atoms with van der Waals surface area (Å²) in [6, 6.07) is 0. The minimum Gasteiger partial charge on any atom is -0.394 e. The first-order chi connectivity index (χ1) is 8.24. The van der Waals surface area contributed by atoms with Gasteiger partial charge in [-0.15, -0.1) is 0 Å². The molecule has 0 amide bonds. The molecule has 0 N–H and O–H groups in total. The molecule has 0 aromatic rings. The largest absolute Gasteiger partial charge is 0.394 e. The maximum atomic E-state index is 6.25. The summed E-state index contributed by atoms with van der Waals surface area (Å²) in [4.78, 5) is 0. The summed E-state index contributed by atoms with van der Waals surface area (Å²) >= 11 is 0. The Bertz CT molecular complexity index is 224. The van der Waals surface area contributed by atoms with Gasteiger partial charge >= 0.3 is 8.56 Å². The van der Waals surface area contributed by atoms with E-state index in [0.717, 1.165) is 24.7 Å². The van der Waals surface area contributed by atoms with Crippen molar-refractivity contribution in [3.05, 3.63) is 0 Å². The highest BCUT2D eigenvalue weighted by Gasteiger charge is 2.44. The van der Waals surface area contributed by atoms with Crippen LogP contribution in [-0.4, -0.2) is 21.8 Å². The minimum atomic E-state index is -1.84. The second kappa shape index (κ2) is 6.35. The maximum Gasteiger partial charge on any atom is 0.338 e. The van der Waals surface area contributed by atoms with Crippen molar-refractivity contribution < 1.29 is 8.85 Å². The Morgan fingerprint density at radius 1 is 1.00 bits per heavy atom.